The Morgan fingerprint density at radius 1 is 1.11 bits per heavy atom. The summed E-state index contributed by atoms with van der Waals surface area (Å²) >= 11 is 0. The zero-order chi connectivity index (χ0) is 18.5. The third-order valence-electron chi connectivity index (χ3n) is 4.91. The van der Waals surface area contributed by atoms with Crippen molar-refractivity contribution in [3.63, 3.8) is 0 Å². The van der Waals surface area contributed by atoms with Gasteiger partial charge in [-0.1, -0.05) is 6.07 Å². The Balaban J connectivity index is 1.40. The fourth-order valence-electron chi connectivity index (χ4n) is 3.46. The van der Waals surface area contributed by atoms with Gasteiger partial charge in [0.05, 0.1) is 13.2 Å². The predicted molar refractivity (Wildman–Crippen MR) is 101 cm³/mol. The van der Waals surface area contributed by atoms with Gasteiger partial charge >= 0.3 is 0 Å². The van der Waals surface area contributed by atoms with Crippen LogP contribution >= 0.6 is 0 Å². The van der Waals surface area contributed by atoms with E-state index in [1.165, 1.54) is 0 Å². The Bertz CT molecular complexity index is 765. The molecule has 7 heteroatoms. The molecule has 27 heavy (non-hydrogen) atoms. The molecule has 2 fully saturated rings. The van der Waals surface area contributed by atoms with Crippen LogP contribution in [0.3, 0.4) is 0 Å². The number of ether oxygens (including phenoxy) is 2. The van der Waals surface area contributed by atoms with Gasteiger partial charge in [0, 0.05) is 56.6 Å². The van der Waals surface area contributed by atoms with E-state index in [1.807, 2.05) is 23.1 Å². The number of amides is 1. The first-order valence-corrected chi connectivity index (χ1v) is 9.45. The number of rotatable bonds is 4. The summed E-state index contributed by atoms with van der Waals surface area (Å²) in [6.45, 7) is 4.37. The first-order chi connectivity index (χ1) is 13.3. The monoisotopic (exact) mass is 368 g/mol. The number of nitrogens with zero attached hydrogens (tertiary/aromatic N) is 4. The lowest BCUT2D eigenvalue weighted by Crippen LogP contribution is -2.35. The Morgan fingerprint density at radius 2 is 2.07 bits per heavy atom. The standard InChI is InChI=1S/C20H24N4O3/c25-20(16-5-8-22-19(14-16)27-17-6-13-26-15-17)24-10-3-9-23(11-12-24)18-4-1-2-7-21-18/h1-2,4-5,7-8,14,17H,3,6,9-13,15H2. The molecular formula is C20H24N4O3. The highest BCUT2D eigenvalue weighted by atomic mass is 16.5. The van der Waals surface area contributed by atoms with Gasteiger partial charge in [-0.15, -0.1) is 0 Å². The van der Waals surface area contributed by atoms with Crippen molar-refractivity contribution in [2.45, 2.75) is 18.9 Å². The summed E-state index contributed by atoms with van der Waals surface area (Å²) in [4.78, 5) is 25.8. The number of anilines is 1. The number of hydrogen-bond donors (Lipinski definition) is 0. The van der Waals surface area contributed by atoms with Gasteiger partial charge in [0.25, 0.3) is 5.91 Å². The van der Waals surface area contributed by atoms with Crippen molar-refractivity contribution in [2.24, 2.45) is 0 Å². The summed E-state index contributed by atoms with van der Waals surface area (Å²) in [7, 11) is 0. The Morgan fingerprint density at radius 3 is 2.89 bits per heavy atom. The van der Waals surface area contributed by atoms with Gasteiger partial charge in [0.1, 0.15) is 11.9 Å². The maximum atomic E-state index is 13.0. The van der Waals surface area contributed by atoms with Crippen molar-refractivity contribution in [3.05, 3.63) is 48.3 Å². The maximum absolute atomic E-state index is 13.0. The highest BCUT2D eigenvalue weighted by molar-refractivity contribution is 5.94. The second kappa shape index (κ2) is 8.35. The molecule has 2 aromatic rings. The fourth-order valence-corrected chi connectivity index (χ4v) is 3.46. The molecule has 2 saturated heterocycles. The molecule has 2 aromatic heterocycles. The van der Waals surface area contributed by atoms with Crippen LogP contribution in [0.5, 0.6) is 5.88 Å². The molecule has 1 amide bonds. The van der Waals surface area contributed by atoms with Crippen LogP contribution in [-0.4, -0.2) is 66.3 Å². The molecule has 0 aliphatic carbocycles. The highest BCUT2D eigenvalue weighted by Gasteiger charge is 2.22. The average Bonchev–Trinajstić information content (AvgIpc) is 3.10. The molecule has 4 rings (SSSR count). The summed E-state index contributed by atoms with van der Waals surface area (Å²) in [5.41, 5.74) is 0.616. The molecule has 2 aliphatic heterocycles. The van der Waals surface area contributed by atoms with Gasteiger partial charge in [0.15, 0.2) is 0 Å². The molecule has 7 nitrogen and oxygen atoms in total. The predicted octanol–water partition coefficient (Wildman–Crippen LogP) is 2.00. The zero-order valence-corrected chi connectivity index (χ0v) is 15.3. The molecule has 1 unspecified atom stereocenters. The number of pyridine rings is 2. The van der Waals surface area contributed by atoms with E-state index in [4.69, 9.17) is 9.47 Å². The van der Waals surface area contributed by atoms with Crippen LogP contribution in [0.1, 0.15) is 23.2 Å². The van der Waals surface area contributed by atoms with Crippen LogP contribution in [0.4, 0.5) is 5.82 Å². The van der Waals surface area contributed by atoms with Crippen LogP contribution in [0, 0.1) is 0 Å². The molecule has 4 heterocycles. The summed E-state index contributed by atoms with van der Waals surface area (Å²) in [5, 5.41) is 0. The van der Waals surface area contributed by atoms with Gasteiger partial charge in [-0.05, 0) is 24.6 Å². The minimum Gasteiger partial charge on any atom is -0.472 e. The summed E-state index contributed by atoms with van der Waals surface area (Å²) in [6.07, 6.45) is 5.23. The van der Waals surface area contributed by atoms with Gasteiger partial charge in [-0.3, -0.25) is 4.79 Å². The first kappa shape index (κ1) is 17.7. The van der Waals surface area contributed by atoms with Crippen LogP contribution in [0.25, 0.3) is 0 Å². The third kappa shape index (κ3) is 4.36. The van der Waals surface area contributed by atoms with Crippen LogP contribution in [0.15, 0.2) is 42.7 Å². The lowest BCUT2D eigenvalue weighted by atomic mass is 10.2. The summed E-state index contributed by atoms with van der Waals surface area (Å²) < 4.78 is 11.2. The number of carbonyl (C=O) groups is 1. The van der Waals surface area contributed by atoms with E-state index in [1.54, 1.807) is 24.5 Å². The van der Waals surface area contributed by atoms with Crippen LogP contribution < -0.4 is 9.64 Å². The van der Waals surface area contributed by atoms with E-state index in [2.05, 4.69) is 14.9 Å². The van der Waals surface area contributed by atoms with Crippen LogP contribution in [-0.2, 0) is 4.74 Å². The van der Waals surface area contributed by atoms with Gasteiger partial charge in [-0.2, -0.15) is 0 Å². The van der Waals surface area contributed by atoms with Crippen LogP contribution in [0.2, 0.25) is 0 Å². The molecule has 0 spiro atoms. The molecule has 0 bridgehead atoms. The smallest absolute Gasteiger partial charge is 0.254 e. The van der Waals surface area contributed by atoms with Gasteiger partial charge < -0.3 is 19.3 Å². The van der Waals surface area contributed by atoms with E-state index in [-0.39, 0.29) is 12.0 Å². The Hall–Kier alpha value is -2.67. The van der Waals surface area contributed by atoms with Crippen molar-refractivity contribution in [3.8, 4) is 5.88 Å². The van der Waals surface area contributed by atoms with Crippen molar-refractivity contribution >= 4 is 11.7 Å². The minimum absolute atomic E-state index is 0.0211. The normalized spacial score (nSPS) is 20.4. The molecular weight excluding hydrogens is 344 g/mol. The Kier molecular flexibility index (Phi) is 5.48. The number of carbonyl (C=O) groups excluding carboxylic acids is 1. The average molecular weight is 368 g/mol. The van der Waals surface area contributed by atoms with Gasteiger partial charge in [0.2, 0.25) is 5.88 Å². The van der Waals surface area contributed by atoms with Gasteiger partial charge in [-0.25, -0.2) is 9.97 Å². The minimum atomic E-state index is 0.0211. The van der Waals surface area contributed by atoms with E-state index < -0.39 is 0 Å². The van der Waals surface area contributed by atoms with Crippen molar-refractivity contribution in [1.29, 1.82) is 0 Å². The molecule has 0 saturated carbocycles. The second-order valence-electron chi connectivity index (χ2n) is 6.81. The number of aromatic nitrogens is 2. The van der Waals surface area contributed by atoms with Crippen molar-refractivity contribution in [1.82, 2.24) is 14.9 Å². The molecule has 0 N–H and O–H groups in total. The van der Waals surface area contributed by atoms with E-state index >= 15 is 0 Å². The molecule has 0 radical (unpaired) electrons. The summed E-state index contributed by atoms with van der Waals surface area (Å²) in [6, 6.07) is 9.41. The van der Waals surface area contributed by atoms with E-state index in [0.29, 0.717) is 31.2 Å². The quantitative estimate of drug-likeness (QED) is 0.822. The zero-order valence-electron chi connectivity index (χ0n) is 15.3. The largest absolute Gasteiger partial charge is 0.472 e. The van der Waals surface area contributed by atoms with E-state index in [0.717, 1.165) is 38.3 Å². The Labute approximate surface area is 158 Å². The van der Waals surface area contributed by atoms with Crippen molar-refractivity contribution in [2.75, 3.05) is 44.3 Å². The lowest BCUT2D eigenvalue weighted by Gasteiger charge is -2.23. The fraction of sp³-hybridized carbons (Fsp3) is 0.450. The topological polar surface area (TPSA) is 67.8 Å². The lowest BCUT2D eigenvalue weighted by molar-refractivity contribution is 0.0765. The third-order valence-corrected chi connectivity index (χ3v) is 4.91. The molecule has 1 atom stereocenters. The van der Waals surface area contributed by atoms with E-state index in [9.17, 15) is 4.79 Å². The molecule has 2 aliphatic rings. The van der Waals surface area contributed by atoms with Crippen molar-refractivity contribution < 1.29 is 14.3 Å². The first-order valence-electron chi connectivity index (χ1n) is 9.45. The molecule has 0 aromatic carbocycles. The number of hydrogen-bond acceptors (Lipinski definition) is 6. The highest BCUT2D eigenvalue weighted by Crippen LogP contribution is 2.18. The summed E-state index contributed by atoms with van der Waals surface area (Å²) in [5.74, 6) is 1.47. The molecule has 142 valence electrons. The SMILES string of the molecule is O=C(c1ccnc(OC2CCOC2)c1)N1CCCN(c2ccccn2)CC1. The maximum Gasteiger partial charge on any atom is 0.254 e. The second-order valence-corrected chi connectivity index (χ2v) is 6.81.